The van der Waals surface area contributed by atoms with Gasteiger partial charge < -0.3 is 25.6 Å². The minimum Gasteiger partial charge on any atom is -0.497 e. The zero-order chi connectivity index (χ0) is 15.1. The Morgan fingerprint density at radius 2 is 2.05 bits per heavy atom. The number of carbonyl (C=O) groups excluding carboxylic acids is 1. The topological polar surface area (TPSA) is 111 Å². The second-order valence-electron chi connectivity index (χ2n) is 3.78. The Morgan fingerprint density at radius 3 is 2.55 bits per heavy atom. The van der Waals surface area contributed by atoms with E-state index in [-0.39, 0.29) is 12.2 Å². The highest BCUT2D eigenvalue weighted by molar-refractivity contribution is 5.91. The van der Waals surface area contributed by atoms with Crippen LogP contribution in [0.3, 0.4) is 0 Å². The summed E-state index contributed by atoms with van der Waals surface area (Å²) in [5, 5.41) is 11.6. The third-order valence-electron chi connectivity index (χ3n) is 2.42. The second kappa shape index (κ2) is 7.03. The molecule has 0 aliphatic heterocycles. The Hall–Kier alpha value is -2.70. The van der Waals surface area contributed by atoms with E-state index >= 15 is 0 Å². The summed E-state index contributed by atoms with van der Waals surface area (Å²) in [6, 6.07) is 4.91. The van der Waals surface area contributed by atoms with Gasteiger partial charge in [-0.05, 0) is 18.2 Å². The maximum absolute atomic E-state index is 10.9. The first-order valence-electron chi connectivity index (χ1n) is 5.67. The molecule has 1 aromatic carbocycles. The standard InChI is InChI=1S/C13H16N2O5/c1-19-8-3-4-11(20-2)9(5-8)10(6-13(17)18)15-7-12(14)16/h3-6,15H,7H2,1-2H3,(H2,14,16)(H,17,18). The van der Waals surface area contributed by atoms with Crippen LogP contribution in [0.25, 0.3) is 5.70 Å². The number of ether oxygens (including phenoxy) is 2. The summed E-state index contributed by atoms with van der Waals surface area (Å²) < 4.78 is 10.3. The van der Waals surface area contributed by atoms with Crippen molar-refractivity contribution in [3.63, 3.8) is 0 Å². The Morgan fingerprint density at radius 1 is 1.35 bits per heavy atom. The molecule has 0 unspecified atom stereocenters. The predicted octanol–water partition coefficient (Wildman–Crippen LogP) is 0.204. The van der Waals surface area contributed by atoms with Crippen molar-refractivity contribution >= 4 is 17.6 Å². The fourth-order valence-corrected chi connectivity index (χ4v) is 1.55. The minimum absolute atomic E-state index is 0.195. The van der Waals surface area contributed by atoms with Crippen molar-refractivity contribution in [2.24, 2.45) is 5.73 Å². The van der Waals surface area contributed by atoms with Crippen molar-refractivity contribution in [2.75, 3.05) is 20.8 Å². The van der Waals surface area contributed by atoms with Crippen LogP contribution in [0.2, 0.25) is 0 Å². The van der Waals surface area contributed by atoms with Crippen LogP contribution in [0.5, 0.6) is 11.5 Å². The summed E-state index contributed by atoms with van der Waals surface area (Å²) in [5.41, 5.74) is 5.70. The summed E-state index contributed by atoms with van der Waals surface area (Å²) in [6.07, 6.45) is 0.931. The Kier molecular flexibility index (Phi) is 5.40. The summed E-state index contributed by atoms with van der Waals surface area (Å²) >= 11 is 0. The molecule has 0 spiro atoms. The highest BCUT2D eigenvalue weighted by Crippen LogP contribution is 2.28. The molecular formula is C13H16N2O5. The molecule has 0 aliphatic carbocycles. The average molecular weight is 280 g/mol. The molecule has 0 fully saturated rings. The fraction of sp³-hybridized carbons (Fsp3) is 0.231. The second-order valence-corrected chi connectivity index (χ2v) is 3.78. The molecule has 20 heavy (non-hydrogen) atoms. The zero-order valence-corrected chi connectivity index (χ0v) is 11.2. The number of methoxy groups -OCH3 is 2. The molecule has 0 saturated carbocycles. The molecule has 4 N–H and O–H groups in total. The molecule has 0 atom stereocenters. The van der Waals surface area contributed by atoms with Gasteiger partial charge in [0.25, 0.3) is 0 Å². The van der Waals surface area contributed by atoms with E-state index in [1.165, 1.54) is 14.2 Å². The molecule has 0 aliphatic rings. The van der Waals surface area contributed by atoms with E-state index in [4.69, 9.17) is 20.3 Å². The van der Waals surface area contributed by atoms with E-state index in [1.807, 2.05) is 0 Å². The number of nitrogens with one attached hydrogen (secondary N) is 1. The lowest BCUT2D eigenvalue weighted by Crippen LogP contribution is -2.28. The maximum Gasteiger partial charge on any atom is 0.330 e. The molecule has 0 radical (unpaired) electrons. The Balaban J connectivity index is 3.24. The van der Waals surface area contributed by atoms with Crippen molar-refractivity contribution < 1.29 is 24.2 Å². The van der Waals surface area contributed by atoms with Crippen LogP contribution in [-0.2, 0) is 9.59 Å². The molecule has 0 heterocycles. The van der Waals surface area contributed by atoms with Crippen LogP contribution in [0, 0.1) is 0 Å². The first kappa shape index (κ1) is 15.4. The largest absolute Gasteiger partial charge is 0.497 e. The van der Waals surface area contributed by atoms with Gasteiger partial charge in [0.15, 0.2) is 0 Å². The van der Waals surface area contributed by atoms with Crippen molar-refractivity contribution in [1.82, 2.24) is 5.32 Å². The smallest absolute Gasteiger partial charge is 0.330 e. The van der Waals surface area contributed by atoms with E-state index in [0.717, 1.165) is 6.08 Å². The van der Waals surface area contributed by atoms with Gasteiger partial charge in [0.1, 0.15) is 11.5 Å². The summed E-state index contributed by atoms with van der Waals surface area (Å²) in [7, 11) is 2.95. The number of nitrogens with two attached hydrogens (primary N) is 1. The van der Waals surface area contributed by atoms with Gasteiger partial charge >= 0.3 is 5.97 Å². The molecular weight excluding hydrogens is 264 g/mol. The van der Waals surface area contributed by atoms with Gasteiger partial charge in [-0.25, -0.2) is 4.79 Å². The lowest BCUT2D eigenvalue weighted by atomic mass is 10.1. The van der Waals surface area contributed by atoms with Crippen LogP contribution >= 0.6 is 0 Å². The Labute approximate surface area is 116 Å². The maximum atomic E-state index is 10.9. The molecule has 1 rings (SSSR count). The number of aliphatic carboxylic acids is 1. The number of carboxylic acids is 1. The van der Waals surface area contributed by atoms with Crippen molar-refractivity contribution in [3.8, 4) is 11.5 Å². The quantitative estimate of drug-likeness (QED) is 0.615. The average Bonchev–Trinajstić information content (AvgIpc) is 2.42. The van der Waals surface area contributed by atoms with E-state index in [2.05, 4.69) is 5.32 Å². The number of primary amides is 1. The van der Waals surface area contributed by atoms with E-state index in [9.17, 15) is 9.59 Å². The normalized spacial score (nSPS) is 10.8. The van der Waals surface area contributed by atoms with Crippen LogP contribution in [0.4, 0.5) is 0 Å². The van der Waals surface area contributed by atoms with Crippen LogP contribution in [0.15, 0.2) is 24.3 Å². The first-order valence-corrected chi connectivity index (χ1v) is 5.67. The number of rotatable bonds is 7. The first-order chi connectivity index (χ1) is 9.47. The number of amides is 1. The van der Waals surface area contributed by atoms with Crippen molar-refractivity contribution in [3.05, 3.63) is 29.8 Å². The van der Waals surface area contributed by atoms with E-state index in [0.29, 0.717) is 17.1 Å². The van der Waals surface area contributed by atoms with Gasteiger partial charge in [-0.1, -0.05) is 0 Å². The lowest BCUT2D eigenvalue weighted by molar-refractivity contribution is -0.131. The van der Waals surface area contributed by atoms with E-state index in [1.54, 1.807) is 18.2 Å². The number of hydrogen-bond donors (Lipinski definition) is 3. The summed E-state index contributed by atoms with van der Waals surface area (Å²) in [4.78, 5) is 21.7. The van der Waals surface area contributed by atoms with E-state index < -0.39 is 11.9 Å². The van der Waals surface area contributed by atoms with Crippen LogP contribution < -0.4 is 20.5 Å². The third-order valence-corrected chi connectivity index (χ3v) is 2.42. The van der Waals surface area contributed by atoms with Gasteiger partial charge in [-0.15, -0.1) is 0 Å². The Bertz CT molecular complexity index is 540. The van der Waals surface area contributed by atoms with Gasteiger partial charge in [-0.3, -0.25) is 4.79 Å². The van der Waals surface area contributed by atoms with Crippen molar-refractivity contribution in [1.29, 1.82) is 0 Å². The predicted molar refractivity (Wildman–Crippen MR) is 72.4 cm³/mol. The molecule has 0 bridgehead atoms. The molecule has 0 saturated heterocycles. The van der Waals surface area contributed by atoms with Gasteiger partial charge in [-0.2, -0.15) is 0 Å². The fourth-order valence-electron chi connectivity index (χ4n) is 1.55. The molecule has 1 amide bonds. The molecule has 7 heteroatoms. The highest BCUT2D eigenvalue weighted by Gasteiger charge is 2.12. The SMILES string of the molecule is COc1ccc(OC)c(C(=CC(=O)O)NCC(N)=O)c1. The summed E-state index contributed by atoms with van der Waals surface area (Å²) in [5.74, 6) is -0.807. The van der Waals surface area contributed by atoms with Crippen LogP contribution in [-0.4, -0.2) is 37.7 Å². The van der Waals surface area contributed by atoms with Gasteiger partial charge in [0, 0.05) is 11.6 Å². The molecule has 7 nitrogen and oxygen atoms in total. The number of carboxylic acid groups (broad SMARTS) is 1. The summed E-state index contributed by atoms with van der Waals surface area (Å²) in [6.45, 7) is -0.195. The van der Waals surface area contributed by atoms with Crippen LogP contribution in [0.1, 0.15) is 5.56 Å². The monoisotopic (exact) mass is 280 g/mol. The lowest BCUT2D eigenvalue weighted by Gasteiger charge is -2.14. The highest BCUT2D eigenvalue weighted by atomic mass is 16.5. The zero-order valence-electron chi connectivity index (χ0n) is 11.2. The van der Waals surface area contributed by atoms with Gasteiger partial charge in [0.2, 0.25) is 5.91 Å². The number of hydrogen-bond acceptors (Lipinski definition) is 5. The molecule has 108 valence electrons. The number of benzene rings is 1. The molecule has 1 aromatic rings. The van der Waals surface area contributed by atoms with Gasteiger partial charge in [0.05, 0.1) is 26.5 Å². The van der Waals surface area contributed by atoms with Crippen molar-refractivity contribution in [2.45, 2.75) is 0 Å². The third kappa shape index (κ3) is 4.20. The molecule has 0 aromatic heterocycles. The number of carbonyl (C=O) groups is 2. The minimum atomic E-state index is -1.16.